The Balaban J connectivity index is 2.45. The predicted molar refractivity (Wildman–Crippen MR) is 92.3 cm³/mol. The molecule has 0 amide bonds. The second-order valence-corrected chi connectivity index (χ2v) is 5.82. The monoisotopic (exact) mass is 372 g/mol. The number of carbonyl (C=O) groups excluding carboxylic acids is 3. The molecule has 0 unspecified atom stereocenters. The normalized spacial score (nSPS) is 12.3. The summed E-state index contributed by atoms with van der Waals surface area (Å²) in [5.74, 6) is -3.59. The van der Waals surface area contributed by atoms with Crippen LogP contribution in [0.5, 0.6) is 23.0 Å². The van der Waals surface area contributed by atoms with Crippen molar-refractivity contribution in [1.29, 1.82) is 0 Å². The molecule has 0 radical (unpaired) electrons. The van der Waals surface area contributed by atoms with Gasteiger partial charge >= 0.3 is 5.97 Å². The SMILES string of the molecule is COC(=O)c1c(C)c2c(c(OC)c1O)C(=O)c1ccc(OC)c(O)c1C2=O. The van der Waals surface area contributed by atoms with E-state index in [9.17, 15) is 24.6 Å². The molecule has 2 aromatic carbocycles. The number of esters is 1. The van der Waals surface area contributed by atoms with Crippen LogP contribution in [0, 0.1) is 6.92 Å². The van der Waals surface area contributed by atoms with Crippen molar-refractivity contribution in [3.05, 3.63) is 45.5 Å². The summed E-state index contributed by atoms with van der Waals surface area (Å²) in [6, 6.07) is 2.70. The van der Waals surface area contributed by atoms with Crippen LogP contribution >= 0.6 is 0 Å². The molecule has 0 heterocycles. The lowest BCUT2D eigenvalue weighted by Gasteiger charge is -2.24. The number of benzene rings is 2. The molecule has 0 aromatic heterocycles. The van der Waals surface area contributed by atoms with Crippen molar-refractivity contribution in [3.8, 4) is 23.0 Å². The number of ether oxygens (including phenoxy) is 3. The van der Waals surface area contributed by atoms with Gasteiger partial charge in [0.25, 0.3) is 0 Å². The number of phenolic OH excluding ortho intramolecular Hbond substituents is 2. The minimum atomic E-state index is -0.896. The van der Waals surface area contributed by atoms with E-state index < -0.39 is 29.0 Å². The van der Waals surface area contributed by atoms with E-state index in [1.807, 2.05) is 0 Å². The third-order valence-electron chi connectivity index (χ3n) is 4.56. The molecule has 0 saturated heterocycles. The minimum absolute atomic E-state index is 0.0231. The number of carbonyl (C=O) groups is 3. The zero-order valence-corrected chi connectivity index (χ0v) is 15.0. The van der Waals surface area contributed by atoms with E-state index in [1.165, 1.54) is 33.3 Å². The van der Waals surface area contributed by atoms with Gasteiger partial charge in [0, 0.05) is 11.1 Å². The molecule has 1 aliphatic carbocycles. The van der Waals surface area contributed by atoms with E-state index in [0.29, 0.717) is 0 Å². The van der Waals surface area contributed by atoms with Crippen LogP contribution in [-0.2, 0) is 4.74 Å². The molecular weight excluding hydrogens is 356 g/mol. The van der Waals surface area contributed by atoms with E-state index >= 15 is 0 Å². The maximum atomic E-state index is 13.1. The molecule has 140 valence electrons. The molecule has 27 heavy (non-hydrogen) atoms. The summed E-state index contributed by atoms with van der Waals surface area (Å²) in [5, 5.41) is 20.8. The number of hydrogen-bond donors (Lipinski definition) is 2. The van der Waals surface area contributed by atoms with Crippen LogP contribution in [0.2, 0.25) is 0 Å². The van der Waals surface area contributed by atoms with Crippen molar-refractivity contribution in [2.24, 2.45) is 0 Å². The second kappa shape index (κ2) is 6.31. The Kier molecular flexibility index (Phi) is 4.27. The summed E-state index contributed by atoms with van der Waals surface area (Å²) < 4.78 is 14.8. The number of phenols is 2. The summed E-state index contributed by atoms with van der Waals surface area (Å²) in [5.41, 5.74) is -0.873. The Morgan fingerprint density at radius 3 is 2.11 bits per heavy atom. The van der Waals surface area contributed by atoms with Gasteiger partial charge < -0.3 is 24.4 Å². The van der Waals surface area contributed by atoms with Gasteiger partial charge in [-0.15, -0.1) is 0 Å². The topological polar surface area (TPSA) is 119 Å². The van der Waals surface area contributed by atoms with Crippen LogP contribution in [0.1, 0.15) is 47.8 Å². The Bertz CT molecular complexity index is 1020. The Morgan fingerprint density at radius 1 is 0.889 bits per heavy atom. The molecule has 2 N–H and O–H groups in total. The average Bonchev–Trinajstić information content (AvgIpc) is 2.65. The van der Waals surface area contributed by atoms with Crippen molar-refractivity contribution in [2.45, 2.75) is 6.92 Å². The number of hydrogen-bond acceptors (Lipinski definition) is 8. The van der Waals surface area contributed by atoms with Gasteiger partial charge in [-0.3, -0.25) is 9.59 Å². The van der Waals surface area contributed by atoms with Crippen LogP contribution in [0.15, 0.2) is 12.1 Å². The highest BCUT2D eigenvalue weighted by atomic mass is 16.5. The Morgan fingerprint density at radius 2 is 1.56 bits per heavy atom. The third-order valence-corrected chi connectivity index (χ3v) is 4.56. The highest BCUT2D eigenvalue weighted by Gasteiger charge is 2.40. The van der Waals surface area contributed by atoms with Crippen LogP contribution in [0.4, 0.5) is 0 Å². The van der Waals surface area contributed by atoms with E-state index in [0.717, 1.165) is 7.11 Å². The van der Waals surface area contributed by atoms with Gasteiger partial charge in [0.15, 0.2) is 34.6 Å². The molecule has 0 aliphatic heterocycles. The molecule has 1 aliphatic rings. The Hall–Kier alpha value is -3.55. The molecule has 8 nitrogen and oxygen atoms in total. The van der Waals surface area contributed by atoms with E-state index in [4.69, 9.17) is 9.47 Å². The van der Waals surface area contributed by atoms with Crippen LogP contribution < -0.4 is 9.47 Å². The standard InChI is InChI=1S/C19H16O8/c1-7-10-13(18(26-3)17(23)11(7)19(24)27-4)14(20)8-5-6-9(25-2)15(21)12(8)16(10)22/h5-6,21,23H,1-4H3. The first-order valence-corrected chi connectivity index (χ1v) is 7.81. The maximum Gasteiger partial charge on any atom is 0.342 e. The zero-order chi connectivity index (χ0) is 20.0. The second-order valence-electron chi connectivity index (χ2n) is 5.82. The quantitative estimate of drug-likeness (QED) is 0.670. The average molecular weight is 372 g/mol. The molecule has 2 aromatic rings. The van der Waals surface area contributed by atoms with Crippen molar-refractivity contribution >= 4 is 17.5 Å². The van der Waals surface area contributed by atoms with E-state index in [1.54, 1.807) is 0 Å². The van der Waals surface area contributed by atoms with Gasteiger partial charge in [-0.2, -0.15) is 0 Å². The maximum absolute atomic E-state index is 13.1. The van der Waals surface area contributed by atoms with Gasteiger partial charge in [0.1, 0.15) is 5.56 Å². The lowest BCUT2D eigenvalue weighted by Crippen LogP contribution is -2.25. The smallest absolute Gasteiger partial charge is 0.342 e. The van der Waals surface area contributed by atoms with Gasteiger partial charge in [-0.25, -0.2) is 4.79 Å². The Labute approximate surface area is 153 Å². The summed E-state index contributed by atoms with van der Waals surface area (Å²) in [4.78, 5) is 38.3. The van der Waals surface area contributed by atoms with Gasteiger partial charge in [0.2, 0.25) is 0 Å². The van der Waals surface area contributed by atoms with E-state index in [-0.39, 0.29) is 44.9 Å². The van der Waals surface area contributed by atoms with Gasteiger partial charge in [-0.05, 0) is 24.6 Å². The highest BCUT2D eigenvalue weighted by Crippen LogP contribution is 2.46. The summed E-state index contributed by atoms with van der Waals surface area (Å²) in [6.07, 6.45) is 0. The summed E-state index contributed by atoms with van der Waals surface area (Å²) in [6.45, 7) is 1.40. The fourth-order valence-corrected chi connectivity index (χ4v) is 3.30. The molecular formula is C19H16O8. The zero-order valence-electron chi connectivity index (χ0n) is 15.0. The fraction of sp³-hybridized carbons (Fsp3) is 0.211. The van der Waals surface area contributed by atoms with E-state index in [2.05, 4.69) is 4.74 Å². The first-order valence-electron chi connectivity index (χ1n) is 7.81. The van der Waals surface area contributed by atoms with Crippen molar-refractivity contribution in [1.82, 2.24) is 0 Å². The lowest BCUT2D eigenvalue weighted by molar-refractivity contribution is 0.0595. The predicted octanol–water partition coefficient (Wildman–Crippen LogP) is 1.99. The largest absolute Gasteiger partial charge is 0.504 e. The number of ketones is 2. The molecule has 3 rings (SSSR count). The summed E-state index contributed by atoms with van der Waals surface area (Å²) >= 11 is 0. The fourth-order valence-electron chi connectivity index (χ4n) is 3.30. The van der Waals surface area contributed by atoms with Gasteiger partial charge in [-0.1, -0.05) is 0 Å². The number of fused-ring (bicyclic) bond motifs is 2. The molecule has 0 atom stereocenters. The van der Waals surface area contributed by atoms with Crippen LogP contribution in [0.3, 0.4) is 0 Å². The van der Waals surface area contributed by atoms with Crippen molar-refractivity contribution in [3.63, 3.8) is 0 Å². The molecule has 0 bridgehead atoms. The lowest BCUT2D eigenvalue weighted by atomic mass is 9.79. The van der Waals surface area contributed by atoms with Crippen molar-refractivity contribution in [2.75, 3.05) is 21.3 Å². The molecule has 0 saturated carbocycles. The molecule has 0 spiro atoms. The van der Waals surface area contributed by atoms with Crippen molar-refractivity contribution < 1.29 is 38.8 Å². The van der Waals surface area contributed by atoms with Crippen LogP contribution in [0.25, 0.3) is 0 Å². The number of rotatable bonds is 3. The van der Waals surface area contributed by atoms with Gasteiger partial charge in [0.05, 0.1) is 32.5 Å². The third kappa shape index (κ3) is 2.33. The van der Waals surface area contributed by atoms with Crippen LogP contribution in [-0.4, -0.2) is 49.1 Å². The first-order chi connectivity index (χ1) is 12.8. The molecule has 0 fully saturated rings. The summed E-state index contributed by atoms with van der Waals surface area (Å²) in [7, 11) is 3.63. The number of aromatic hydroxyl groups is 2. The minimum Gasteiger partial charge on any atom is -0.504 e. The molecule has 8 heteroatoms. The first kappa shape index (κ1) is 18.2. The highest BCUT2D eigenvalue weighted by molar-refractivity contribution is 6.31. The number of methoxy groups -OCH3 is 3.